The van der Waals surface area contributed by atoms with E-state index >= 15 is 0 Å². The van der Waals surface area contributed by atoms with Crippen molar-refractivity contribution in [2.24, 2.45) is 0 Å². The molecule has 6 aromatic rings. The molecule has 56 heavy (non-hydrogen) atoms. The molecule has 8 heteroatoms. The Morgan fingerprint density at radius 1 is 0.625 bits per heavy atom. The lowest BCUT2D eigenvalue weighted by Gasteiger charge is -2.23. The van der Waals surface area contributed by atoms with Gasteiger partial charge in [-0.2, -0.15) is 0 Å². The summed E-state index contributed by atoms with van der Waals surface area (Å²) in [5, 5.41) is 6.52. The smallest absolute Gasteiger partial charge is 0.407 e. The molecule has 1 aliphatic carbocycles. The third kappa shape index (κ3) is 8.61. The summed E-state index contributed by atoms with van der Waals surface area (Å²) in [6.45, 7) is 4.33. The van der Waals surface area contributed by atoms with E-state index in [-0.39, 0.29) is 37.5 Å². The van der Waals surface area contributed by atoms with E-state index in [1.807, 2.05) is 48.5 Å². The quantitative estimate of drug-likeness (QED) is 0.108. The molecule has 0 aliphatic heterocycles. The van der Waals surface area contributed by atoms with Gasteiger partial charge in [0.15, 0.2) is 5.78 Å². The van der Waals surface area contributed by atoms with Crippen molar-refractivity contribution in [3.05, 3.63) is 184 Å². The Kier molecular flexibility index (Phi) is 11.8. The maximum absolute atomic E-state index is 13.6. The van der Waals surface area contributed by atoms with Gasteiger partial charge in [-0.3, -0.25) is 10.1 Å². The Balaban J connectivity index is 1.03. The summed E-state index contributed by atoms with van der Waals surface area (Å²) in [5.74, 6) is 1.53. The average molecular weight is 747 g/mol. The number of ketones is 1. The zero-order valence-electron chi connectivity index (χ0n) is 32.1. The molecule has 0 saturated heterocycles. The van der Waals surface area contributed by atoms with E-state index in [1.54, 1.807) is 32.4 Å². The van der Waals surface area contributed by atoms with Gasteiger partial charge in [0.1, 0.15) is 30.5 Å². The summed E-state index contributed by atoms with van der Waals surface area (Å²) < 4.78 is 23.1. The highest BCUT2D eigenvalue weighted by Gasteiger charge is 2.30. The van der Waals surface area contributed by atoms with Gasteiger partial charge < -0.3 is 24.3 Å². The van der Waals surface area contributed by atoms with E-state index in [0.29, 0.717) is 22.8 Å². The molecule has 0 saturated carbocycles. The number of Topliss-reactive ketones (excluding diaryl/α,β-unsaturated/α-hetero) is 1. The van der Waals surface area contributed by atoms with Gasteiger partial charge in [0, 0.05) is 17.5 Å². The second kappa shape index (κ2) is 17.4. The lowest BCUT2D eigenvalue weighted by atomic mass is 9.97. The van der Waals surface area contributed by atoms with E-state index in [9.17, 15) is 9.59 Å². The van der Waals surface area contributed by atoms with E-state index in [1.165, 1.54) is 11.1 Å². The average Bonchev–Trinajstić information content (AvgIpc) is 3.56. The van der Waals surface area contributed by atoms with Crippen molar-refractivity contribution in [2.45, 2.75) is 31.8 Å². The number of carbonyl (C=O) groups is 2. The lowest BCUT2D eigenvalue weighted by molar-refractivity contribution is -0.120. The number of carbonyl (C=O) groups excluding carboxylic acids is 2. The molecule has 8 nitrogen and oxygen atoms in total. The monoisotopic (exact) mass is 746 g/mol. The molecule has 2 N–H and O–H groups in total. The molecular formula is C48H46N2O6. The molecule has 1 atom stereocenters. The molecule has 0 fully saturated rings. The largest absolute Gasteiger partial charge is 0.497 e. The minimum Gasteiger partial charge on any atom is -0.497 e. The number of fused-ring (bicyclic) bond motifs is 3. The van der Waals surface area contributed by atoms with Crippen LogP contribution in [0.1, 0.15) is 62.5 Å². The number of aryl methyl sites for hydroxylation is 2. The molecule has 0 bridgehead atoms. The number of amides is 1. The van der Waals surface area contributed by atoms with E-state index in [2.05, 4.69) is 97.3 Å². The zero-order chi connectivity index (χ0) is 39.0. The second-order valence-electron chi connectivity index (χ2n) is 14.0. The standard InChI is InChI=1S/C48H46N2O6/c1-31-13-17-33(18-14-31)46(34-19-15-32(2)16-20-34)49-28-36(51)29-55-37-23-21-35(22-24-37)47(43-26-25-38(53-3)27-45(43)54-4)50-48(52)56-30-44-41-11-7-5-9-39(41)40-10-6-8-12-42(40)44/h5-27,44,46-47,49H,28-30H2,1-4H3,(H,50,52). The van der Waals surface area contributed by atoms with Crippen molar-refractivity contribution >= 4 is 11.9 Å². The van der Waals surface area contributed by atoms with E-state index in [0.717, 1.165) is 38.9 Å². The van der Waals surface area contributed by atoms with Crippen LogP contribution in [0, 0.1) is 13.8 Å². The van der Waals surface area contributed by atoms with Crippen molar-refractivity contribution in [1.82, 2.24) is 10.6 Å². The first-order valence-electron chi connectivity index (χ1n) is 18.8. The summed E-state index contributed by atoms with van der Waals surface area (Å²) in [6, 6.07) is 45.1. The zero-order valence-corrected chi connectivity index (χ0v) is 32.1. The van der Waals surface area contributed by atoms with Crippen LogP contribution < -0.4 is 24.8 Å². The highest BCUT2D eigenvalue weighted by atomic mass is 16.5. The molecule has 1 amide bonds. The highest BCUT2D eigenvalue weighted by Crippen LogP contribution is 2.44. The fourth-order valence-corrected chi connectivity index (χ4v) is 7.29. The Bertz CT molecular complexity index is 2190. The number of methoxy groups -OCH3 is 2. The third-order valence-electron chi connectivity index (χ3n) is 10.3. The van der Waals surface area contributed by atoms with Crippen LogP contribution in [0.2, 0.25) is 0 Å². The predicted octanol–water partition coefficient (Wildman–Crippen LogP) is 9.28. The summed E-state index contributed by atoms with van der Waals surface area (Å²) >= 11 is 0. The Labute approximate surface area is 328 Å². The summed E-state index contributed by atoms with van der Waals surface area (Å²) in [6.07, 6.45) is -0.567. The molecule has 0 aromatic heterocycles. The van der Waals surface area contributed by atoms with Gasteiger partial charge in [-0.25, -0.2) is 4.79 Å². The van der Waals surface area contributed by atoms with E-state index in [4.69, 9.17) is 18.9 Å². The number of benzene rings is 6. The van der Waals surface area contributed by atoms with Gasteiger partial charge in [0.25, 0.3) is 0 Å². The fraction of sp³-hybridized carbons (Fsp3) is 0.208. The molecule has 6 aromatic carbocycles. The number of ether oxygens (including phenoxy) is 4. The van der Waals surface area contributed by atoms with E-state index < -0.39 is 12.1 Å². The number of rotatable bonds is 15. The highest BCUT2D eigenvalue weighted by molar-refractivity contribution is 5.82. The van der Waals surface area contributed by atoms with Gasteiger partial charge in [-0.05, 0) is 77.1 Å². The van der Waals surface area contributed by atoms with Crippen LogP contribution in [-0.2, 0) is 9.53 Å². The van der Waals surface area contributed by atoms with Crippen molar-refractivity contribution in [1.29, 1.82) is 0 Å². The number of nitrogens with one attached hydrogen (secondary N) is 2. The van der Waals surface area contributed by atoms with Gasteiger partial charge in [-0.1, -0.05) is 120 Å². The maximum atomic E-state index is 13.6. The minimum atomic E-state index is -0.633. The second-order valence-corrected chi connectivity index (χ2v) is 14.0. The van der Waals surface area contributed by atoms with Crippen molar-refractivity contribution in [2.75, 3.05) is 34.0 Å². The molecule has 1 unspecified atom stereocenters. The van der Waals surface area contributed by atoms with Gasteiger partial charge >= 0.3 is 6.09 Å². The Morgan fingerprint density at radius 2 is 1.16 bits per heavy atom. The molecular weight excluding hydrogens is 701 g/mol. The van der Waals surface area contributed by atoms with Gasteiger partial charge in [0.2, 0.25) is 0 Å². The third-order valence-corrected chi connectivity index (χ3v) is 10.3. The number of alkyl carbamates (subject to hydrolysis) is 1. The molecule has 0 radical (unpaired) electrons. The van der Waals surface area contributed by atoms with Gasteiger partial charge in [-0.15, -0.1) is 0 Å². The summed E-state index contributed by atoms with van der Waals surface area (Å²) in [5.41, 5.74) is 10.6. The molecule has 7 rings (SSSR count). The molecule has 0 spiro atoms. The first-order valence-corrected chi connectivity index (χ1v) is 18.8. The maximum Gasteiger partial charge on any atom is 0.407 e. The van der Waals surface area contributed by atoms with Crippen LogP contribution in [0.5, 0.6) is 17.2 Å². The molecule has 1 aliphatic rings. The van der Waals surface area contributed by atoms with Crippen molar-refractivity contribution in [3.63, 3.8) is 0 Å². The topological polar surface area (TPSA) is 95.1 Å². The molecule has 0 heterocycles. The Hall–Kier alpha value is -6.38. The molecule has 284 valence electrons. The van der Waals surface area contributed by atoms with Crippen molar-refractivity contribution < 1.29 is 28.5 Å². The van der Waals surface area contributed by atoms with Crippen LogP contribution in [0.4, 0.5) is 4.79 Å². The normalized spacial score (nSPS) is 12.4. The predicted molar refractivity (Wildman–Crippen MR) is 219 cm³/mol. The fourth-order valence-electron chi connectivity index (χ4n) is 7.29. The van der Waals surface area contributed by atoms with Crippen LogP contribution >= 0.6 is 0 Å². The first kappa shape index (κ1) is 37.9. The minimum absolute atomic E-state index is 0.0763. The van der Waals surface area contributed by atoms with Crippen molar-refractivity contribution in [3.8, 4) is 28.4 Å². The number of hydrogen-bond acceptors (Lipinski definition) is 7. The van der Waals surface area contributed by atoms with Crippen LogP contribution in [0.3, 0.4) is 0 Å². The first-order chi connectivity index (χ1) is 27.3. The van der Waals surface area contributed by atoms with Crippen LogP contribution in [-0.4, -0.2) is 45.9 Å². The lowest BCUT2D eigenvalue weighted by Crippen LogP contribution is -2.31. The Morgan fingerprint density at radius 3 is 1.73 bits per heavy atom. The summed E-state index contributed by atoms with van der Waals surface area (Å²) in [4.78, 5) is 26.7. The summed E-state index contributed by atoms with van der Waals surface area (Å²) in [7, 11) is 3.17. The van der Waals surface area contributed by atoms with Crippen LogP contribution in [0.25, 0.3) is 11.1 Å². The van der Waals surface area contributed by atoms with Gasteiger partial charge in [0.05, 0.1) is 32.8 Å². The SMILES string of the molecule is COc1ccc(C(NC(=O)OCC2c3ccccc3-c3ccccc32)c2ccc(OCC(=O)CNC(c3ccc(C)cc3)c3ccc(C)cc3)cc2)c(OC)c1. The van der Waals surface area contributed by atoms with Crippen LogP contribution in [0.15, 0.2) is 140 Å². The number of hydrogen-bond donors (Lipinski definition) is 2.